The Labute approximate surface area is 122 Å². The van der Waals surface area contributed by atoms with Gasteiger partial charge in [0.2, 0.25) is 0 Å². The van der Waals surface area contributed by atoms with Gasteiger partial charge in [0.05, 0.1) is 6.61 Å². The van der Waals surface area contributed by atoms with E-state index in [0.717, 1.165) is 6.42 Å². The summed E-state index contributed by atoms with van der Waals surface area (Å²) in [6.07, 6.45) is 0.888. The molecule has 0 aliphatic carbocycles. The fraction of sp³-hybridized carbons (Fsp3) is 0.188. The molecule has 3 N–H and O–H groups in total. The number of amides is 1. The molecule has 110 valence electrons. The third-order valence-corrected chi connectivity index (χ3v) is 2.75. The van der Waals surface area contributed by atoms with Crippen molar-refractivity contribution in [3.8, 4) is 5.75 Å². The molecule has 1 amide bonds. The van der Waals surface area contributed by atoms with Gasteiger partial charge in [0, 0.05) is 16.9 Å². The van der Waals surface area contributed by atoms with Crippen LogP contribution >= 0.6 is 0 Å². The summed E-state index contributed by atoms with van der Waals surface area (Å²) < 4.78 is 18.7. The van der Waals surface area contributed by atoms with Crippen molar-refractivity contribution in [2.75, 3.05) is 17.7 Å². The molecule has 0 fully saturated rings. The number of carbonyl (C=O) groups is 1. The number of nitrogens with two attached hydrogens (primary N) is 1. The van der Waals surface area contributed by atoms with E-state index in [1.54, 1.807) is 24.3 Å². The number of carbonyl (C=O) groups excluding carboxylic acids is 1. The quantitative estimate of drug-likeness (QED) is 0.828. The molecule has 2 aromatic carbocycles. The van der Waals surface area contributed by atoms with Gasteiger partial charge in [-0.1, -0.05) is 13.0 Å². The highest BCUT2D eigenvalue weighted by Crippen LogP contribution is 2.18. The van der Waals surface area contributed by atoms with Crippen LogP contribution in [-0.2, 0) is 0 Å². The van der Waals surface area contributed by atoms with Crippen molar-refractivity contribution >= 4 is 17.3 Å². The molecule has 4 nitrogen and oxygen atoms in total. The molecule has 0 unspecified atom stereocenters. The Hall–Kier alpha value is -2.56. The maximum Gasteiger partial charge on any atom is 0.255 e. The number of halogens is 1. The number of nitrogen functional groups attached to an aromatic ring is 1. The van der Waals surface area contributed by atoms with Crippen molar-refractivity contribution < 1.29 is 13.9 Å². The van der Waals surface area contributed by atoms with E-state index >= 15 is 0 Å². The van der Waals surface area contributed by atoms with Crippen LogP contribution in [0.5, 0.6) is 5.75 Å². The number of rotatable bonds is 5. The number of hydrogen-bond donors (Lipinski definition) is 2. The fourth-order valence-electron chi connectivity index (χ4n) is 1.83. The molecule has 5 heteroatoms. The number of ether oxygens (including phenoxy) is 1. The van der Waals surface area contributed by atoms with Crippen molar-refractivity contribution in [2.24, 2.45) is 0 Å². The second-order valence-corrected chi connectivity index (χ2v) is 4.60. The molecule has 0 aliphatic rings. The van der Waals surface area contributed by atoms with Gasteiger partial charge in [-0.25, -0.2) is 4.39 Å². The molecule has 2 rings (SSSR count). The summed E-state index contributed by atoms with van der Waals surface area (Å²) >= 11 is 0. The number of anilines is 2. The lowest BCUT2D eigenvalue weighted by Gasteiger charge is -2.09. The highest BCUT2D eigenvalue weighted by molar-refractivity contribution is 6.04. The minimum absolute atomic E-state index is 0.255. The van der Waals surface area contributed by atoms with Crippen molar-refractivity contribution in [3.63, 3.8) is 0 Å². The summed E-state index contributed by atoms with van der Waals surface area (Å²) in [6, 6.07) is 10.7. The molecule has 0 bridgehead atoms. The van der Waals surface area contributed by atoms with Crippen LogP contribution in [-0.4, -0.2) is 12.5 Å². The second-order valence-electron chi connectivity index (χ2n) is 4.60. The van der Waals surface area contributed by atoms with Gasteiger partial charge in [-0.3, -0.25) is 4.79 Å². The lowest BCUT2D eigenvalue weighted by atomic mass is 10.2. The molecule has 0 saturated carbocycles. The first-order valence-electron chi connectivity index (χ1n) is 6.69. The van der Waals surface area contributed by atoms with E-state index in [1.807, 2.05) is 6.92 Å². The molecule has 0 spiro atoms. The lowest BCUT2D eigenvalue weighted by Crippen LogP contribution is -2.12. The van der Waals surface area contributed by atoms with Gasteiger partial charge in [0.1, 0.15) is 11.6 Å². The zero-order valence-corrected chi connectivity index (χ0v) is 11.7. The summed E-state index contributed by atoms with van der Waals surface area (Å²) in [5, 5.41) is 2.61. The van der Waals surface area contributed by atoms with E-state index in [1.165, 1.54) is 18.2 Å². The zero-order valence-electron chi connectivity index (χ0n) is 11.7. The molecule has 0 atom stereocenters. The summed E-state index contributed by atoms with van der Waals surface area (Å²) in [6.45, 7) is 2.59. The van der Waals surface area contributed by atoms with Gasteiger partial charge < -0.3 is 15.8 Å². The highest BCUT2D eigenvalue weighted by Gasteiger charge is 2.08. The van der Waals surface area contributed by atoms with Crippen LogP contribution in [0.15, 0.2) is 42.5 Å². The average Bonchev–Trinajstić information content (AvgIpc) is 2.44. The van der Waals surface area contributed by atoms with E-state index < -0.39 is 5.82 Å². The summed E-state index contributed by atoms with van der Waals surface area (Å²) in [5.41, 5.74) is 6.55. The topological polar surface area (TPSA) is 64.3 Å². The van der Waals surface area contributed by atoms with Crippen LogP contribution in [0.4, 0.5) is 15.8 Å². The van der Waals surface area contributed by atoms with Gasteiger partial charge in [0.15, 0.2) is 0 Å². The number of hydrogen-bond acceptors (Lipinski definition) is 3. The molecule has 0 aromatic heterocycles. The molecule has 0 saturated heterocycles. The van der Waals surface area contributed by atoms with Crippen LogP contribution in [0.1, 0.15) is 23.7 Å². The molecule has 0 aliphatic heterocycles. The summed E-state index contributed by atoms with van der Waals surface area (Å²) in [7, 11) is 0. The lowest BCUT2D eigenvalue weighted by molar-refractivity contribution is 0.102. The fourth-order valence-corrected chi connectivity index (χ4v) is 1.83. The van der Waals surface area contributed by atoms with Gasteiger partial charge in [0.25, 0.3) is 5.91 Å². The number of nitrogens with one attached hydrogen (secondary N) is 1. The molecule has 2 aromatic rings. The van der Waals surface area contributed by atoms with E-state index in [-0.39, 0.29) is 11.6 Å². The smallest absolute Gasteiger partial charge is 0.255 e. The molecule has 21 heavy (non-hydrogen) atoms. The molecular formula is C16H17FN2O2. The third kappa shape index (κ3) is 4.21. The molecular weight excluding hydrogens is 271 g/mol. The monoisotopic (exact) mass is 288 g/mol. The maximum atomic E-state index is 13.2. The standard InChI is InChI=1S/C16H17FN2O2/c1-2-6-21-15-5-3-4-11(7-15)16(20)19-14-9-12(17)8-13(18)10-14/h3-5,7-10H,2,6,18H2,1H3,(H,19,20). The zero-order chi connectivity index (χ0) is 15.2. The van der Waals surface area contributed by atoms with Crippen LogP contribution < -0.4 is 15.8 Å². The van der Waals surface area contributed by atoms with Crippen molar-refractivity contribution in [1.29, 1.82) is 0 Å². The minimum atomic E-state index is -0.495. The summed E-state index contributed by atoms with van der Waals surface area (Å²) in [4.78, 5) is 12.1. The Balaban J connectivity index is 2.12. The normalized spacial score (nSPS) is 10.2. The van der Waals surface area contributed by atoms with E-state index in [2.05, 4.69) is 5.32 Å². The predicted molar refractivity (Wildman–Crippen MR) is 81.0 cm³/mol. The SMILES string of the molecule is CCCOc1cccc(C(=O)Nc2cc(N)cc(F)c2)c1. The van der Waals surface area contributed by atoms with Gasteiger partial charge in [-0.05, 0) is 42.8 Å². The minimum Gasteiger partial charge on any atom is -0.494 e. The predicted octanol–water partition coefficient (Wildman–Crippen LogP) is 3.45. The largest absolute Gasteiger partial charge is 0.494 e. The van der Waals surface area contributed by atoms with Crippen LogP contribution in [0, 0.1) is 5.82 Å². The van der Waals surface area contributed by atoms with Gasteiger partial charge >= 0.3 is 0 Å². The summed E-state index contributed by atoms with van der Waals surface area (Å²) in [5.74, 6) is -0.212. The van der Waals surface area contributed by atoms with Crippen molar-refractivity contribution in [3.05, 3.63) is 53.8 Å². The second kappa shape index (κ2) is 6.74. The first-order chi connectivity index (χ1) is 10.1. The first-order valence-corrected chi connectivity index (χ1v) is 6.69. The molecule has 0 radical (unpaired) electrons. The van der Waals surface area contributed by atoms with Gasteiger partial charge in [-0.2, -0.15) is 0 Å². The van der Waals surface area contributed by atoms with Crippen molar-refractivity contribution in [2.45, 2.75) is 13.3 Å². The van der Waals surface area contributed by atoms with Crippen LogP contribution in [0.2, 0.25) is 0 Å². The average molecular weight is 288 g/mol. The Bertz CT molecular complexity index is 624. The van der Waals surface area contributed by atoms with Crippen LogP contribution in [0.25, 0.3) is 0 Å². The van der Waals surface area contributed by atoms with E-state index in [9.17, 15) is 9.18 Å². The Kier molecular flexibility index (Phi) is 4.77. The van der Waals surface area contributed by atoms with E-state index in [0.29, 0.717) is 23.6 Å². The molecule has 0 heterocycles. The number of benzene rings is 2. The van der Waals surface area contributed by atoms with Crippen molar-refractivity contribution in [1.82, 2.24) is 0 Å². The van der Waals surface area contributed by atoms with Crippen LogP contribution in [0.3, 0.4) is 0 Å². The Morgan fingerprint density at radius 2 is 2.10 bits per heavy atom. The maximum absolute atomic E-state index is 13.2. The third-order valence-electron chi connectivity index (χ3n) is 2.75. The Morgan fingerprint density at radius 1 is 1.29 bits per heavy atom. The highest BCUT2D eigenvalue weighted by atomic mass is 19.1. The van der Waals surface area contributed by atoms with E-state index in [4.69, 9.17) is 10.5 Å². The Morgan fingerprint density at radius 3 is 2.81 bits per heavy atom. The van der Waals surface area contributed by atoms with Gasteiger partial charge in [-0.15, -0.1) is 0 Å². The first kappa shape index (κ1) is 14.8.